The van der Waals surface area contributed by atoms with Crippen molar-refractivity contribution in [2.24, 2.45) is 0 Å². The summed E-state index contributed by atoms with van der Waals surface area (Å²) in [4.78, 5) is 12.3. The molecule has 5 nitrogen and oxygen atoms in total. The number of nitrogens with one attached hydrogen (secondary N) is 2. The van der Waals surface area contributed by atoms with E-state index in [1.54, 1.807) is 19.2 Å². The normalized spacial score (nSPS) is 10.8. The van der Waals surface area contributed by atoms with E-state index in [0.717, 1.165) is 16.5 Å². The summed E-state index contributed by atoms with van der Waals surface area (Å²) >= 11 is 0. The Morgan fingerprint density at radius 3 is 2.65 bits per heavy atom. The molecule has 0 unspecified atom stereocenters. The van der Waals surface area contributed by atoms with Crippen molar-refractivity contribution in [1.29, 1.82) is 0 Å². The molecule has 26 heavy (non-hydrogen) atoms. The quantitative estimate of drug-likeness (QED) is 0.556. The van der Waals surface area contributed by atoms with Crippen molar-refractivity contribution >= 4 is 22.4 Å². The molecule has 0 aliphatic carbocycles. The van der Waals surface area contributed by atoms with Crippen LogP contribution in [0.2, 0.25) is 0 Å². The number of fused-ring (bicyclic) bond motifs is 1. The van der Waals surface area contributed by atoms with Gasteiger partial charge in [0.1, 0.15) is 11.6 Å². The molecule has 0 amide bonds. The lowest BCUT2D eigenvalue weighted by Gasteiger charge is -2.11. The van der Waals surface area contributed by atoms with Crippen LogP contribution >= 0.6 is 0 Å². The molecule has 4 N–H and O–H groups in total. The summed E-state index contributed by atoms with van der Waals surface area (Å²) in [5.74, 6) is 0.926. The van der Waals surface area contributed by atoms with Crippen molar-refractivity contribution < 1.29 is 9.37 Å². The van der Waals surface area contributed by atoms with Crippen LogP contribution in [0.25, 0.3) is 33.4 Å². The number of nitrogens with two attached hydrogens (primary N) is 1. The third-order valence-electron chi connectivity index (χ3n) is 4.23. The van der Waals surface area contributed by atoms with Crippen molar-refractivity contribution in [2.45, 2.75) is 0 Å². The van der Waals surface area contributed by atoms with Gasteiger partial charge in [-0.05, 0) is 35.9 Å². The summed E-state index contributed by atoms with van der Waals surface area (Å²) in [5, 5.41) is 3.90. The summed E-state index contributed by atoms with van der Waals surface area (Å²) < 4.78 is 14.3. The Morgan fingerprint density at radius 2 is 1.92 bits per heavy atom. The van der Waals surface area contributed by atoms with E-state index in [9.17, 15) is 4.39 Å². The van der Waals surface area contributed by atoms with E-state index < -0.39 is 0 Å². The second-order valence-electron chi connectivity index (χ2n) is 5.87. The van der Waals surface area contributed by atoms with Crippen LogP contribution in [0.15, 0.2) is 60.9 Å². The highest BCUT2D eigenvalue weighted by Crippen LogP contribution is 2.33. The van der Waals surface area contributed by atoms with Gasteiger partial charge in [-0.3, -0.25) is 0 Å². The van der Waals surface area contributed by atoms with Gasteiger partial charge in [-0.15, -0.1) is 0 Å². The van der Waals surface area contributed by atoms with Crippen LogP contribution in [0.4, 0.5) is 15.9 Å². The maximum Gasteiger partial charge on any atom is 0.178 e. The van der Waals surface area contributed by atoms with E-state index >= 15 is 0 Å². The monoisotopic (exact) mass is 346 g/mol. The number of benzene rings is 2. The third kappa shape index (κ3) is 2.71. The predicted octanol–water partition coefficient (Wildman–Crippen LogP) is 3.54. The zero-order chi connectivity index (χ0) is 18.1. The highest BCUT2D eigenvalue weighted by molar-refractivity contribution is 5.95. The van der Waals surface area contributed by atoms with E-state index in [2.05, 4.69) is 20.3 Å². The Balaban J connectivity index is 1.92. The molecule has 0 saturated heterocycles. The number of nitrogen functional groups attached to an aromatic ring is 1. The summed E-state index contributed by atoms with van der Waals surface area (Å²) in [5.41, 5.74) is 9.10. The second kappa shape index (κ2) is 6.40. The molecule has 0 fully saturated rings. The number of hydrogen-bond acceptors (Lipinski definition) is 4. The van der Waals surface area contributed by atoms with Gasteiger partial charge in [0.25, 0.3) is 0 Å². The van der Waals surface area contributed by atoms with Crippen LogP contribution in [-0.4, -0.2) is 17.0 Å². The number of aromatic nitrogens is 3. The number of aromatic amines is 1. The minimum Gasteiger partial charge on any atom is -0.398 e. The van der Waals surface area contributed by atoms with Gasteiger partial charge in [-0.1, -0.05) is 12.1 Å². The second-order valence-corrected chi connectivity index (χ2v) is 5.87. The molecule has 0 aliphatic rings. The van der Waals surface area contributed by atoms with Crippen molar-refractivity contribution in [3.8, 4) is 22.5 Å². The van der Waals surface area contributed by atoms with E-state index in [0.29, 0.717) is 28.5 Å². The van der Waals surface area contributed by atoms with Gasteiger partial charge >= 0.3 is 0 Å². The fourth-order valence-corrected chi connectivity index (χ4v) is 2.98. The van der Waals surface area contributed by atoms with Crippen LogP contribution < -0.4 is 16.0 Å². The van der Waals surface area contributed by atoms with Crippen LogP contribution in [0.1, 0.15) is 0 Å². The molecule has 4 aromatic rings. The molecule has 2 aromatic carbocycles. The molecule has 2 heterocycles. The van der Waals surface area contributed by atoms with Gasteiger partial charge in [0.2, 0.25) is 0 Å². The van der Waals surface area contributed by atoms with Gasteiger partial charge in [-0.2, -0.15) is 0 Å². The molecule has 0 radical (unpaired) electrons. The average molecular weight is 346 g/mol. The van der Waals surface area contributed by atoms with E-state index in [1.807, 2.05) is 42.7 Å². The number of hydrogen-bond donors (Lipinski definition) is 2. The number of H-pyrrole nitrogens is 1. The maximum atomic E-state index is 14.3. The maximum absolute atomic E-state index is 14.3. The average Bonchev–Trinajstić information content (AvgIpc) is 2.67. The fraction of sp³-hybridized carbons (Fsp3) is 0.0500. The van der Waals surface area contributed by atoms with Gasteiger partial charge in [-0.25, -0.2) is 19.3 Å². The smallest absolute Gasteiger partial charge is 0.178 e. The highest BCUT2D eigenvalue weighted by atomic mass is 19.1. The Labute approximate surface area is 149 Å². The lowest BCUT2D eigenvalue weighted by molar-refractivity contribution is -0.377. The Bertz CT molecular complexity index is 1080. The summed E-state index contributed by atoms with van der Waals surface area (Å²) in [6.45, 7) is 0. The minimum absolute atomic E-state index is 0.354. The first-order valence-corrected chi connectivity index (χ1v) is 8.18. The summed E-state index contributed by atoms with van der Waals surface area (Å²) in [7, 11) is 1.80. The predicted molar refractivity (Wildman–Crippen MR) is 101 cm³/mol. The minimum atomic E-state index is -0.354. The first-order valence-electron chi connectivity index (χ1n) is 8.18. The van der Waals surface area contributed by atoms with Crippen molar-refractivity contribution in [3.63, 3.8) is 0 Å². The standard InChI is InChI=1S/C20H16FN5/c1-23-20-14-10-12(18-15(21)5-2-6-16(18)22)7-8-17(14)25-19(26-20)13-4-3-9-24-11-13/h2-11H,22H2,1H3,(H,23,25,26)/p+1. The lowest BCUT2D eigenvalue weighted by Crippen LogP contribution is -2.03. The van der Waals surface area contributed by atoms with Gasteiger partial charge < -0.3 is 11.1 Å². The molecular formula is C20H17FN5+. The molecule has 4 rings (SSSR count). The molecule has 0 aliphatic heterocycles. The molecular weight excluding hydrogens is 329 g/mol. The van der Waals surface area contributed by atoms with Crippen molar-refractivity contribution in [3.05, 3.63) is 66.7 Å². The SMILES string of the molecule is CNc1nc(-c2ccc[nH+]c2)nc2ccc(-c3c(N)cccc3F)cc12. The van der Waals surface area contributed by atoms with Crippen molar-refractivity contribution in [1.82, 2.24) is 9.97 Å². The zero-order valence-electron chi connectivity index (χ0n) is 14.1. The third-order valence-corrected chi connectivity index (χ3v) is 4.23. The fourth-order valence-electron chi connectivity index (χ4n) is 2.98. The van der Waals surface area contributed by atoms with Gasteiger partial charge in [0.15, 0.2) is 18.2 Å². The first kappa shape index (κ1) is 16.0. The van der Waals surface area contributed by atoms with Crippen molar-refractivity contribution in [2.75, 3.05) is 18.1 Å². The highest BCUT2D eigenvalue weighted by Gasteiger charge is 2.14. The molecule has 2 aromatic heterocycles. The van der Waals surface area contributed by atoms with Crippen LogP contribution in [-0.2, 0) is 0 Å². The Kier molecular flexibility index (Phi) is 3.93. The molecule has 128 valence electrons. The summed E-state index contributed by atoms with van der Waals surface area (Å²) in [6, 6.07) is 14.1. The topological polar surface area (TPSA) is 78.0 Å². The molecule has 0 saturated carbocycles. The molecule has 0 bridgehead atoms. The van der Waals surface area contributed by atoms with Crippen LogP contribution in [0.5, 0.6) is 0 Å². The Hall–Kier alpha value is -3.54. The zero-order valence-corrected chi connectivity index (χ0v) is 14.1. The molecule has 0 atom stereocenters. The number of pyridine rings is 1. The van der Waals surface area contributed by atoms with Crippen LogP contribution in [0.3, 0.4) is 0 Å². The molecule has 6 heteroatoms. The Morgan fingerprint density at radius 1 is 1.04 bits per heavy atom. The number of rotatable bonds is 3. The number of nitrogens with zero attached hydrogens (tertiary/aromatic N) is 2. The van der Waals surface area contributed by atoms with E-state index in [4.69, 9.17) is 5.73 Å². The van der Waals surface area contributed by atoms with Crippen LogP contribution in [0, 0.1) is 5.82 Å². The largest absolute Gasteiger partial charge is 0.398 e. The number of halogens is 1. The first-order chi connectivity index (χ1) is 12.7. The number of anilines is 2. The summed E-state index contributed by atoms with van der Waals surface area (Å²) in [6.07, 6.45) is 3.67. The molecule has 0 spiro atoms. The van der Waals surface area contributed by atoms with Gasteiger partial charge in [0.05, 0.1) is 11.1 Å². The lowest BCUT2D eigenvalue weighted by atomic mass is 10.0. The van der Waals surface area contributed by atoms with E-state index in [-0.39, 0.29) is 5.82 Å². The van der Waals surface area contributed by atoms with E-state index in [1.165, 1.54) is 6.07 Å². The van der Waals surface area contributed by atoms with Gasteiger partial charge in [0, 0.05) is 29.8 Å².